The van der Waals surface area contributed by atoms with Gasteiger partial charge in [0.15, 0.2) is 0 Å². The van der Waals surface area contributed by atoms with E-state index in [0.717, 1.165) is 34.5 Å². The van der Waals surface area contributed by atoms with Crippen LogP contribution >= 0.6 is 0 Å². The fourth-order valence-electron chi connectivity index (χ4n) is 3.44. The Morgan fingerprint density at radius 1 is 0.957 bits per heavy atom. The second-order valence-corrected chi connectivity index (χ2v) is 5.85. The largest absolute Gasteiger partial charge is 0.440 e. The summed E-state index contributed by atoms with van der Waals surface area (Å²) < 4.78 is 6.11. The van der Waals surface area contributed by atoms with E-state index < -0.39 is 0 Å². The molecule has 0 saturated carbocycles. The first kappa shape index (κ1) is 12.3. The summed E-state index contributed by atoms with van der Waals surface area (Å²) in [6.45, 7) is 0. The standard InChI is InChI=1S/C20H12N2O/c21-11-12-5-7-18-15(9-12)17-10-16-14-4-2-1-3-13(14)6-8-19(16)23-20(17)22-18/h1-9,22H,10H2. The van der Waals surface area contributed by atoms with Crippen molar-refractivity contribution in [1.82, 2.24) is 4.98 Å². The molecule has 5 rings (SSSR count). The molecule has 0 amide bonds. The monoisotopic (exact) mass is 296 g/mol. The lowest BCUT2D eigenvalue weighted by atomic mass is 9.95. The van der Waals surface area contributed by atoms with Crippen LogP contribution in [0.2, 0.25) is 0 Å². The summed E-state index contributed by atoms with van der Waals surface area (Å²) in [5.41, 5.74) is 4.01. The Morgan fingerprint density at radius 2 is 1.87 bits per heavy atom. The lowest BCUT2D eigenvalue weighted by molar-refractivity contribution is 0.448. The quantitative estimate of drug-likeness (QED) is 0.442. The first-order valence-electron chi connectivity index (χ1n) is 7.57. The fourth-order valence-corrected chi connectivity index (χ4v) is 3.44. The lowest BCUT2D eigenvalue weighted by Gasteiger charge is -2.19. The summed E-state index contributed by atoms with van der Waals surface area (Å²) in [5, 5.41) is 12.7. The average Bonchev–Trinajstić information content (AvgIpc) is 2.96. The van der Waals surface area contributed by atoms with Gasteiger partial charge in [-0.15, -0.1) is 0 Å². The third-order valence-electron chi connectivity index (χ3n) is 4.56. The highest BCUT2D eigenvalue weighted by Crippen LogP contribution is 2.42. The smallest absolute Gasteiger partial charge is 0.202 e. The van der Waals surface area contributed by atoms with Gasteiger partial charge in [0.1, 0.15) is 5.75 Å². The van der Waals surface area contributed by atoms with Crippen molar-refractivity contribution in [3.8, 4) is 17.7 Å². The van der Waals surface area contributed by atoms with Crippen molar-refractivity contribution in [1.29, 1.82) is 5.26 Å². The minimum atomic E-state index is 0.669. The summed E-state index contributed by atoms with van der Waals surface area (Å²) >= 11 is 0. The number of H-pyrrole nitrogens is 1. The molecule has 2 heterocycles. The molecule has 1 aromatic heterocycles. The van der Waals surface area contributed by atoms with Crippen LogP contribution in [0.15, 0.2) is 54.6 Å². The Kier molecular flexibility index (Phi) is 2.34. The summed E-state index contributed by atoms with van der Waals surface area (Å²) in [7, 11) is 0. The van der Waals surface area contributed by atoms with Gasteiger partial charge >= 0.3 is 0 Å². The highest BCUT2D eigenvalue weighted by molar-refractivity contribution is 5.92. The van der Waals surface area contributed by atoms with Crippen molar-refractivity contribution in [2.24, 2.45) is 0 Å². The number of hydrogen-bond donors (Lipinski definition) is 1. The highest BCUT2D eigenvalue weighted by Gasteiger charge is 2.23. The minimum absolute atomic E-state index is 0.669. The van der Waals surface area contributed by atoms with Crippen LogP contribution in [0.5, 0.6) is 11.6 Å². The van der Waals surface area contributed by atoms with Gasteiger partial charge in [0, 0.05) is 28.5 Å². The van der Waals surface area contributed by atoms with Gasteiger partial charge in [-0.25, -0.2) is 0 Å². The molecule has 23 heavy (non-hydrogen) atoms. The van der Waals surface area contributed by atoms with Crippen molar-refractivity contribution in [2.45, 2.75) is 6.42 Å². The second-order valence-electron chi connectivity index (χ2n) is 5.85. The maximum atomic E-state index is 9.15. The molecule has 1 N–H and O–H groups in total. The van der Waals surface area contributed by atoms with Gasteiger partial charge in [-0.3, -0.25) is 0 Å². The molecule has 0 fully saturated rings. The van der Waals surface area contributed by atoms with E-state index in [2.05, 4.69) is 41.4 Å². The van der Waals surface area contributed by atoms with Crippen LogP contribution in [0.25, 0.3) is 21.7 Å². The molecule has 0 atom stereocenters. The zero-order valence-electron chi connectivity index (χ0n) is 12.3. The Hall–Kier alpha value is -3.25. The normalized spacial score (nSPS) is 12.5. The first-order valence-corrected chi connectivity index (χ1v) is 7.57. The van der Waals surface area contributed by atoms with E-state index in [0.29, 0.717) is 5.56 Å². The number of benzene rings is 3. The van der Waals surface area contributed by atoms with Crippen molar-refractivity contribution in [3.05, 3.63) is 71.3 Å². The maximum Gasteiger partial charge on any atom is 0.202 e. The zero-order chi connectivity index (χ0) is 15.4. The van der Waals surface area contributed by atoms with Gasteiger partial charge in [-0.2, -0.15) is 5.26 Å². The van der Waals surface area contributed by atoms with E-state index in [4.69, 9.17) is 10.00 Å². The van der Waals surface area contributed by atoms with E-state index in [-0.39, 0.29) is 0 Å². The average molecular weight is 296 g/mol. The molecule has 108 valence electrons. The number of hydrogen-bond acceptors (Lipinski definition) is 2. The number of nitrogens with zero attached hydrogens (tertiary/aromatic N) is 1. The zero-order valence-corrected chi connectivity index (χ0v) is 12.3. The van der Waals surface area contributed by atoms with Crippen LogP contribution in [-0.2, 0) is 6.42 Å². The van der Waals surface area contributed by atoms with Crippen LogP contribution in [0.4, 0.5) is 0 Å². The van der Waals surface area contributed by atoms with Crippen molar-refractivity contribution >= 4 is 21.7 Å². The van der Waals surface area contributed by atoms with Gasteiger partial charge in [-0.05, 0) is 35.0 Å². The van der Waals surface area contributed by atoms with Gasteiger partial charge in [0.05, 0.1) is 11.6 Å². The lowest BCUT2D eigenvalue weighted by Crippen LogP contribution is -2.02. The Morgan fingerprint density at radius 3 is 2.78 bits per heavy atom. The van der Waals surface area contributed by atoms with Crippen LogP contribution in [-0.4, -0.2) is 4.98 Å². The summed E-state index contributed by atoms with van der Waals surface area (Å²) in [6, 6.07) is 20.4. The van der Waals surface area contributed by atoms with Crippen LogP contribution < -0.4 is 4.74 Å². The van der Waals surface area contributed by atoms with E-state index >= 15 is 0 Å². The van der Waals surface area contributed by atoms with Gasteiger partial charge in [-0.1, -0.05) is 30.3 Å². The number of rotatable bonds is 0. The fraction of sp³-hybridized carbons (Fsp3) is 0.0500. The van der Waals surface area contributed by atoms with E-state index in [1.54, 1.807) is 0 Å². The predicted octanol–water partition coefficient (Wildman–Crippen LogP) is 4.89. The number of aromatic amines is 1. The van der Waals surface area contributed by atoms with Crippen LogP contribution in [0.3, 0.4) is 0 Å². The molecule has 1 aliphatic heterocycles. The summed E-state index contributed by atoms with van der Waals surface area (Å²) in [4.78, 5) is 3.32. The molecule has 0 aliphatic carbocycles. The summed E-state index contributed by atoms with van der Waals surface area (Å²) in [5.74, 6) is 1.70. The minimum Gasteiger partial charge on any atom is -0.440 e. The Bertz CT molecular complexity index is 1130. The van der Waals surface area contributed by atoms with E-state index in [9.17, 15) is 0 Å². The van der Waals surface area contributed by atoms with E-state index in [1.807, 2.05) is 24.3 Å². The number of fused-ring (bicyclic) bond motifs is 6. The maximum absolute atomic E-state index is 9.15. The third-order valence-corrected chi connectivity index (χ3v) is 4.56. The molecule has 4 aromatic rings. The summed E-state index contributed by atoms with van der Waals surface area (Å²) in [6.07, 6.45) is 0.806. The number of nitriles is 1. The molecule has 3 heteroatoms. The van der Waals surface area contributed by atoms with Gasteiger partial charge in [0.25, 0.3) is 0 Å². The molecule has 1 aliphatic rings. The van der Waals surface area contributed by atoms with Crippen LogP contribution in [0.1, 0.15) is 16.7 Å². The van der Waals surface area contributed by atoms with Gasteiger partial charge < -0.3 is 9.72 Å². The van der Waals surface area contributed by atoms with Crippen molar-refractivity contribution in [3.63, 3.8) is 0 Å². The number of nitrogens with one attached hydrogen (secondary N) is 1. The molecule has 0 unspecified atom stereocenters. The molecular weight excluding hydrogens is 284 g/mol. The first-order chi connectivity index (χ1) is 11.3. The molecule has 0 spiro atoms. The second kappa shape index (κ2) is 4.37. The highest BCUT2D eigenvalue weighted by atomic mass is 16.5. The number of ether oxygens (including phenoxy) is 1. The molecule has 0 bridgehead atoms. The topological polar surface area (TPSA) is 48.8 Å². The Balaban J connectivity index is 1.77. The van der Waals surface area contributed by atoms with Crippen molar-refractivity contribution in [2.75, 3.05) is 0 Å². The predicted molar refractivity (Wildman–Crippen MR) is 89.8 cm³/mol. The molecular formula is C20H12N2O. The molecule has 0 radical (unpaired) electrons. The number of aromatic nitrogens is 1. The third kappa shape index (κ3) is 1.69. The van der Waals surface area contributed by atoms with E-state index in [1.165, 1.54) is 16.3 Å². The van der Waals surface area contributed by atoms with Crippen LogP contribution in [0, 0.1) is 11.3 Å². The SMILES string of the molecule is N#Cc1ccc2[nH]c3c(c2c1)Cc1c(ccc2ccccc12)O3. The molecule has 3 aromatic carbocycles. The Labute approximate surface area is 132 Å². The van der Waals surface area contributed by atoms with Gasteiger partial charge in [0.2, 0.25) is 5.88 Å². The molecule has 0 saturated heterocycles. The van der Waals surface area contributed by atoms with Crippen molar-refractivity contribution < 1.29 is 4.74 Å². The molecule has 3 nitrogen and oxygen atoms in total.